The van der Waals surface area contributed by atoms with Crippen molar-refractivity contribution in [3.63, 3.8) is 0 Å². The quantitative estimate of drug-likeness (QED) is 0.761. The molecule has 0 aliphatic carbocycles. The van der Waals surface area contributed by atoms with Crippen molar-refractivity contribution in [1.29, 1.82) is 5.26 Å². The number of hydrogen-bond donors (Lipinski definition) is 2. The number of anilines is 2. The second-order valence-electron chi connectivity index (χ2n) is 4.55. The summed E-state index contributed by atoms with van der Waals surface area (Å²) >= 11 is 0. The van der Waals surface area contributed by atoms with Gasteiger partial charge in [-0.05, 0) is 52.2 Å². The zero-order valence-corrected chi connectivity index (χ0v) is 10.7. The predicted molar refractivity (Wildman–Crippen MR) is 71.8 cm³/mol. The molecule has 1 atom stereocenters. The van der Waals surface area contributed by atoms with Crippen LogP contribution in [0.5, 0.6) is 0 Å². The van der Waals surface area contributed by atoms with Gasteiger partial charge in [-0.2, -0.15) is 5.26 Å². The molecule has 0 spiro atoms. The van der Waals surface area contributed by atoms with Crippen LogP contribution < -0.4 is 11.1 Å². The zero-order chi connectivity index (χ0) is 12.8. The van der Waals surface area contributed by atoms with Gasteiger partial charge in [0.05, 0.1) is 11.3 Å². The van der Waals surface area contributed by atoms with Crippen molar-refractivity contribution in [1.82, 2.24) is 4.90 Å². The van der Waals surface area contributed by atoms with Crippen molar-refractivity contribution in [2.75, 3.05) is 31.7 Å². The summed E-state index contributed by atoms with van der Waals surface area (Å²) in [5.74, 6) is 0. The first-order valence-electron chi connectivity index (χ1n) is 5.74. The largest absolute Gasteiger partial charge is 0.398 e. The SMILES string of the molecule is CC(CCN(C)C)Nc1ccc(C#N)c(N)c1. The van der Waals surface area contributed by atoms with E-state index in [1.54, 1.807) is 6.07 Å². The van der Waals surface area contributed by atoms with E-state index in [1.807, 2.05) is 12.1 Å². The molecule has 1 aromatic carbocycles. The molecule has 1 unspecified atom stereocenters. The van der Waals surface area contributed by atoms with E-state index >= 15 is 0 Å². The monoisotopic (exact) mass is 232 g/mol. The minimum atomic E-state index is 0.379. The molecule has 0 aromatic heterocycles. The molecule has 92 valence electrons. The van der Waals surface area contributed by atoms with Crippen LogP contribution in [0.1, 0.15) is 18.9 Å². The van der Waals surface area contributed by atoms with Crippen LogP contribution in [-0.4, -0.2) is 31.6 Å². The lowest BCUT2D eigenvalue weighted by Crippen LogP contribution is -2.23. The fraction of sp³-hybridized carbons (Fsp3) is 0.462. The Morgan fingerprint density at radius 3 is 2.71 bits per heavy atom. The standard InChI is InChI=1S/C13H20N4/c1-10(6-7-17(2)3)16-12-5-4-11(9-14)13(15)8-12/h4-5,8,10,16H,6-7,15H2,1-3H3. The number of nitrogens with one attached hydrogen (secondary N) is 1. The maximum atomic E-state index is 8.78. The molecule has 0 saturated heterocycles. The Morgan fingerprint density at radius 1 is 1.47 bits per heavy atom. The van der Waals surface area contributed by atoms with E-state index < -0.39 is 0 Å². The molecule has 4 heteroatoms. The fourth-order valence-electron chi connectivity index (χ4n) is 1.56. The van der Waals surface area contributed by atoms with E-state index in [2.05, 4.69) is 37.3 Å². The van der Waals surface area contributed by atoms with Crippen molar-refractivity contribution in [2.24, 2.45) is 0 Å². The molecule has 0 amide bonds. The Kier molecular flexibility index (Phi) is 4.80. The summed E-state index contributed by atoms with van der Waals surface area (Å²) in [4.78, 5) is 2.16. The van der Waals surface area contributed by atoms with Gasteiger partial charge < -0.3 is 16.0 Å². The Balaban J connectivity index is 2.57. The molecule has 0 bridgehead atoms. The molecule has 3 N–H and O–H groups in total. The first-order valence-corrected chi connectivity index (χ1v) is 5.74. The molecule has 0 radical (unpaired) electrons. The molecule has 0 fully saturated rings. The molecule has 0 aliphatic heterocycles. The number of benzene rings is 1. The highest BCUT2D eigenvalue weighted by molar-refractivity contribution is 5.62. The van der Waals surface area contributed by atoms with Crippen LogP contribution in [0.4, 0.5) is 11.4 Å². The summed E-state index contributed by atoms with van der Waals surface area (Å²) in [6.07, 6.45) is 1.06. The molecular weight excluding hydrogens is 212 g/mol. The van der Waals surface area contributed by atoms with Crippen LogP contribution in [-0.2, 0) is 0 Å². The molecular formula is C13H20N4. The molecule has 4 nitrogen and oxygen atoms in total. The summed E-state index contributed by atoms with van der Waals surface area (Å²) in [7, 11) is 4.12. The van der Waals surface area contributed by atoms with Gasteiger partial charge in [-0.15, -0.1) is 0 Å². The second kappa shape index (κ2) is 6.12. The third-order valence-electron chi connectivity index (χ3n) is 2.59. The maximum Gasteiger partial charge on any atom is 0.101 e. The van der Waals surface area contributed by atoms with Crippen LogP contribution in [0.3, 0.4) is 0 Å². The Hall–Kier alpha value is -1.73. The molecule has 0 heterocycles. The summed E-state index contributed by atoms with van der Waals surface area (Å²) in [5, 5.41) is 12.2. The zero-order valence-electron chi connectivity index (χ0n) is 10.7. The van der Waals surface area contributed by atoms with E-state index in [1.165, 1.54) is 0 Å². The first-order chi connectivity index (χ1) is 8.02. The lowest BCUT2D eigenvalue weighted by atomic mass is 10.1. The van der Waals surface area contributed by atoms with Crippen LogP contribution >= 0.6 is 0 Å². The molecule has 0 aliphatic rings. The highest BCUT2D eigenvalue weighted by Gasteiger charge is 2.04. The number of nitrogens with two attached hydrogens (primary N) is 1. The number of rotatable bonds is 5. The normalized spacial score (nSPS) is 12.2. The highest BCUT2D eigenvalue weighted by atomic mass is 15.1. The van der Waals surface area contributed by atoms with E-state index in [0.29, 0.717) is 17.3 Å². The topological polar surface area (TPSA) is 65.1 Å². The van der Waals surface area contributed by atoms with Gasteiger partial charge in [-0.1, -0.05) is 0 Å². The minimum absolute atomic E-state index is 0.379. The summed E-state index contributed by atoms with van der Waals surface area (Å²) < 4.78 is 0. The van der Waals surface area contributed by atoms with Crippen molar-refractivity contribution in [3.8, 4) is 6.07 Å². The van der Waals surface area contributed by atoms with Crippen LogP contribution in [0.15, 0.2) is 18.2 Å². The van der Waals surface area contributed by atoms with Gasteiger partial charge in [0, 0.05) is 11.7 Å². The van der Waals surface area contributed by atoms with Gasteiger partial charge in [0.2, 0.25) is 0 Å². The second-order valence-corrected chi connectivity index (χ2v) is 4.55. The lowest BCUT2D eigenvalue weighted by molar-refractivity contribution is 0.390. The average Bonchev–Trinajstić information content (AvgIpc) is 2.26. The minimum Gasteiger partial charge on any atom is -0.398 e. The van der Waals surface area contributed by atoms with Gasteiger partial charge in [-0.25, -0.2) is 0 Å². The van der Waals surface area contributed by atoms with Crippen LogP contribution in [0.25, 0.3) is 0 Å². The van der Waals surface area contributed by atoms with Crippen LogP contribution in [0, 0.1) is 11.3 Å². The lowest BCUT2D eigenvalue weighted by Gasteiger charge is -2.18. The Bertz CT molecular complexity index is 406. The van der Waals surface area contributed by atoms with E-state index in [9.17, 15) is 0 Å². The van der Waals surface area contributed by atoms with Gasteiger partial charge in [0.25, 0.3) is 0 Å². The van der Waals surface area contributed by atoms with E-state index in [0.717, 1.165) is 18.7 Å². The van der Waals surface area contributed by atoms with E-state index in [4.69, 9.17) is 11.0 Å². The number of nitrogens with zero attached hydrogens (tertiary/aromatic N) is 2. The maximum absolute atomic E-state index is 8.78. The smallest absolute Gasteiger partial charge is 0.101 e. The van der Waals surface area contributed by atoms with Gasteiger partial charge in [0.1, 0.15) is 6.07 Å². The van der Waals surface area contributed by atoms with Crippen LogP contribution in [0.2, 0.25) is 0 Å². The predicted octanol–water partition coefficient (Wildman–Crippen LogP) is 1.89. The van der Waals surface area contributed by atoms with Crippen molar-refractivity contribution in [3.05, 3.63) is 23.8 Å². The van der Waals surface area contributed by atoms with Gasteiger partial charge in [0.15, 0.2) is 0 Å². The molecule has 0 saturated carbocycles. The Morgan fingerprint density at radius 2 is 2.18 bits per heavy atom. The number of hydrogen-bond acceptors (Lipinski definition) is 4. The van der Waals surface area contributed by atoms with Crippen molar-refractivity contribution < 1.29 is 0 Å². The van der Waals surface area contributed by atoms with Gasteiger partial charge in [-0.3, -0.25) is 0 Å². The fourth-order valence-corrected chi connectivity index (χ4v) is 1.56. The highest BCUT2D eigenvalue weighted by Crippen LogP contribution is 2.18. The Labute approximate surface area is 103 Å². The van der Waals surface area contributed by atoms with Gasteiger partial charge >= 0.3 is 0 Å². The summed E-state index contributed by atoms with van der Waals surface area (Å²) in [6.45, 7) is 3.18. The summed E-state index contributed by atoms with van der Waals surface area (Å²) in [5.41, 5.74) is 7.77. The summed E-state index contributed by atoms with van der Waals surface area (Å²) in [6, 6.07) is 7.88. The van der Waals surface area contributed by atoms with Crippen molar-refractivity contribution in [2.45, 2.75) is 19.4 Å². The molecule has 1 aromatic rings. The number of nitriles is 1. The number of nitrogen functional groups attached to an aromatic ring is 1. The average molecular weight is 232 g/mol. The molecule has 17 heavy (non-hydrogen) atoms. The van der Waals surface area contributed by atoms with Crippen molar-refractivity contribution >= 4 is 11.4 Å². The van der Waals surface area contributed by atoms with E-state index in [-0.39, 0.29) is 0 Å². The third kappa shape index (κ3) is 4.33. The molecule has 1 rings (SSSR count). The third-order valence-corrected chi connectivity index (χ3v) is 2.59. The first kappa shape index (κ1) is 13.3.